The standard InChI is InChI=1S/C46H54ClFN8O11/c1-62-39-28-37-34(43(51-29-50-37)52-31-4-6-36(48)35(47)26-31)27-40(39)67-16-2-11-54-12-14-55(15-13-54)42(58)9-17-63-19-21-65-23-24-66-22-20-64-18-10-49-30-3-5-32-33(25-30)46(61)56(45(32)60)38-7-8-41(57)53-44(38)59/h3-6,25-29,38,49H,2,7-24H2,1H3,(H,50,51,52)(H,53,57,59). The highest BCUT2D eigenvalue weighted by molar-refractivity contribution is 6.31. The molecule has 0 radical (unpaired) electrons. The fourth-order valence-electron chi connectivity index (χ4n) is 7.77. The van der Waals surface area contributed by atoms with E-state index >= 15 is 0 Å². The highest BCUT2D eigenvalue weighted by Crippen LogP contribution is 2.35. The molecule has 1 unspecified atom stereocenters. The molecule has 3 N–H and O–H groups in total. The lowest BCUT2D eigenvalue weighted by molar-refractivity contribution is -0.136. The topological polar surface area (TPSA) is 212 Å². The minimum Gasteiger partial charge on any atom is -0.493 e. The van der Waals surface area contributed by atoms with E-state index in [1.165, 1.54) is 18.5 Å². The van der Waals surface area contributed by atoms with Gasteiger partial charge in [-0.15, -0.1) is 0 Å². The molecule has 4 aromatic rings. The predicted octanol–water partition coefficient (Wildman–Crippen LogP) is 4.06. The zero-order valence-corrected chi connectivity index (χ0v) is 37.9. The van der Waals surface area contributed by atoms with Gasteiger partial charge in [-0.1, -0.05) is 11.6 Å². The van der Waals surface area contributed by atoms with Gasteiger partial charge < -0.3 is 44.0 Å². The van der Waals surface area contributed by atoms with Crippen molar-refractivity contribution in [3.63, 3.8) is 0 Å². The summed E-state index contributed by atoms with van der Waals surface area (Å²) in [6, 6.07) is 11.8. The average Bonchev–Trinajstić information content (AvgIpc) is 3.57. The first-order valence-electron chi connectivity index (χ1n) is 22.2. The molecule has 2 saturated heterocycles. The second-order valence-corrected chi connectivity index (χ2v) is 16.2. The number of carbonyl (C=O) groups is 5. The molecule has 19 nitrogen and oxygen atoms in total. The van der Waals surface area contributed by atoms with Crippen molar-refractivity contribution in [2.45, 2.75) is 31.7 Å². The van der Waals surface area contributed by atoms with Crippen molar-refractivity contribution in [3.05, 3.63) is 76.8 Å². The minimum atomic E-state index is -1.01. The molecular weight excluding hydrogens is 895 g/mol. The molecule has 0 spiro atoms. The molecule has 5 amide bonds. The number of fused-ring (bicyclic) bond motifs is 2. The van der Waals surface area contributed by atoms with Crippen LogP contribution in [0.15, 0.2) is 54.9 Å². The number of rotatable bonds is 25. The number of nitrogens with one attached hydrogen (secondary N) is 3. The normalized spacial score (nSPS) is 16.4. The maximum absolute atomic E-state index is 13.7. The third-order valence-corrected chi connectivity index (χ3v) is 11.6. The first-order valence-corrected chi connectivity index (χ1v) is 22.6. The Kier molecular flexibility index (Phi) is 17.6. The summed E-state index contributed by atoms with van der Waals surface area (Å²) in [4.78, 5) is 76.3. The number of piperazine rings is 1. The van der Waals surface area contributed by atoms with Crippen LogP contribution in [0.3, 0.4) is 0 Å². The molecule has 3 aromatic carbocycles. The van der Waals surface area contributed by atoms with Gasteiger partial charge in [0, 0.05) is 68.5 Å². The molecule has 4 heterocycles. The Hall–Kier alpha value is -6.03. The number of imide groups is 2. The van der Waals surface area contributed by atoms with Crippen molar-refractivity contribution in [1.29, 1.82) is 0 Å². The third kappa shape index (κ3) is 13.1. The van der Waals surface area contributed by atoms with Crippen molar-refractivity contribution < 1.29 is 56.8 Å². The lowest BCUT2D eigenvalue weighted by atomic mass is 10.0. The second-order valence-electron chi connectivity index (χ2n) is 15.8. The third-order valence-electron chi connectivity index (χ3n) is 11.3. The van der Waals surface area contributed by atoms with Gasteiger partial charge >= 0.3 is 0 Å². The van der Waals surface area contributed by atoms with E-state index in [4.69, 9.17) is 40.0 Å². The Morgan fingerprint density at radius 3 is 2.22 bits per heavy atom. The fraction of sp³-hybridized carbons (Fsp3) is 0.457. The Labute approximate surface area is 391 Å². The zero-order valence-electron chi connectivity index (χ0n) is 37.2. The molecule has 1 aromatic heterocycles. The number of halogens is 2. The van der Waals surface area contributed by atoms with Gasteiger partial charge in [0.05, 0.1) is 94.7 Å². The zero-order chi connectivity index (χ0) is 47.1. The van der Waals surface area contributed by atoms with E-state index in [9.17, 15) is 28.4 Å². The van der Waals surface area contributed by atoms with E-state index < -0.39 is 35.5 Å². The van der Waals surface area contributed by atoms with Crippen molar-refractivity contribution in [2.24, 2.45) is 0 Å². The summed E-state index contributed by atoms with van der Waals surface area (Å²) in [5.41, 5.74) is 2.28. The van der Waals surface area contributed by atoms with Gasteiger partial charge in [-0.2, -0.15) is 0 Å². The molecule has 0 bridgehead atoms. The number of hydrogen-bond acceptors (Lipinski definition) is 16. The monoisotopic (exact) mass is 948 g/mol. The van der Waals surface area contributed by atoms with E-state index in [0.717, 1.165) is 31.0 Å². The van der Waals surface area contributed by atoms with Gasteiger partial charge in [0.1, 0.15) is 24.0 Å². The van der Waals surface area contributed by atoms with Crippen LogP contribution in [-0.2, 0) is 33.3 Å². The Bertz CT molecular complexity index is 2410. The first kappa shape index (κ1) is 48.9. The summed E-state index contributed by atoms with van der Waals surface area (Å²) in [7, 11) is 1.57. The maximum Gasteiger partial charge on any atom is 0.262 e. The number of carbonyl (C=O) groups excluding carboxylic acids is 5. The molecule has 0 saturated carbocycles. The molecule has 0 aliphatic carbocycles. The van der Waals surface area contributed by atoms with Gasteiger partial charge in [0.2, 0.25) is 17.7 Å². The van der Waals surface area contributed by atoms with Gasteiger partial charge in [-0.05, 0) is 55.3 Å². The molecule has 7 rings (SSSR count). The molecule has 358 valence electrons. The summed E-state index contributed by atoms with van der Waals surface area (Å²) >= 11 is 5.97. The summed E-state index contributed by atoms with van der Waals surface area (Å²) < 4.78 is 47.8. The Morgan fingerprint density at radius 2 is 1.51 bits per heavy atom. The van der Waals surface area contributed by atoms with E-state index in [0.29, 0.717) is 125 Å². The van der Waals surface area contributed by atoms with Crippen LogP contribution in [0.25, 0.3) is 10.9 Å². The van der Waals surface area contributed by atoms with E-state index in [1.54, 1.807) is 37.4 Å². The summed E-state index contributed by atoms with van der Waals surface area (Å²) in [6.45, 7) is 7.54. The largest absolute Gasteiger partial charge is 0.493 e. The fourth-order valence-corrected chi connectivity index (χ4v) is 7.95. The number of hydrogen-bond donors (Lipinski definition) is 3. The molecule has 67 heavy (non-hydrogen) atoms. The second kappa shape index (κ2) is 24.1. The van der Waals surface area contributed by atoms with Crippen LogP contribution < -0.4 is 25.4 Å². The van der Waals surface area contributed by atoms with Gasteiger partial charge in [0.25, 0.3) is 11.8 Å². The lowest BCUT2D eigenvalue weighted by Gasteiger charge is -2.34. The van der Waals surface area contributed by atoms with Crippen LogP contribution in [0, 0.1) is 5.82 Å². The number of amides is 5. The highest BCUT2D eigenvalue weighted by Gasteiger charge is 2.44. The highest BCUT2D eigenvalue weighted by atomic mass is 35.5. The van der Waals surface area contributed by atoms with Crippen LogP contribution in [-0.4, -0.2) is 166 Å². The van der Waals surface area contributed by atoms with Crippen LogP contribution in [0.4, 0.5) is 21.6 Å². The summed E-state index contributed by atoms with van der Waals surface area (Å²) in [5, 5.41) is 9.23. The number of benzene rings is 3. The van der Waals surface area contributed by atoms with E-state index in [-0.39, 0.29) is 34.9 Å². The number of ether oxygens (including phenoxy) is 6. The Balaban J connectivity index is 0.674. The Morgan fingerprint density at radius 1 is 0.806 bits per heavy atom. The summed E-state index contributed by atoms with van der Waals surface area (Å²) in [6.07, 6.45) is 2.67. The molecule has 3 aliphatic heterocycles. The number of nitrogens with zero attached hydrogens (tertiary/aromatic N) is 5. The SMILES string of the molecule is COc1cc2ncnc(Nc3ccc(F)c(Cl)c3)c2cc1OCCCN1CCN(C(=O)CCOCCOCCOCCOCCNc2ccc3c(c2)C(=O)N(C2CCC(=O)NC2=O)C3=O)CC1. The van der Waals surface area contributed by atoms with Crippen molar-refractivity contribution >= 4 is 69.2 Å². The smallest absolute Gasteiger partial charge is 0.262 e. The molecule has 2 fully saturated rings. The average molecular weight is 949 g/mol. The molecule has 1 atom stereocenters. The van der Waals surface area contributed by atoms with Crippen LogP contribution in [0.2, 0.25) is 5.02 Å². The minimum absolute atomic E-state index is 0.00000806. The van der Waals surface area contributed by atoms with Crippen molar-refractivity contribution in [1.82, 2.24) is 30.0 Å². The van der Waals surface area contributed by atoms with Gasteiger partial charge in [0.15, 0.2) is 11.5 Å². The van der Waals surface area contributed by atoms with Crippen molar-refractivity contribution in [3.8, 4) is 11.5 Å². The molecule has 21 heteroatoms. The van der Waals surface area contributed by atoms with Crippen LogP contribution in [0.1, 0.15) is 46.4 Å². The van der Waals surface area contributed by atoms with Gasteiger partial charge in [-0.3, -0.25) is 39.1 Å². The first-order chi connectivity index (χ1) is 32.6. The number of methoxy groups -OCH3 is 1. The maximum atomic E-state index is 13.7. The number of aromatic nitrogens is 2. The van der Waals surface area contributed by atoms with Crippen molar-refractivity contribution in [2.75, 3.05) is 116 Å². The quantitative estimate of drug-likeness (QED) is 0.0632. The lowest BCUT2D eigenvalue weighted by Crippen LogP contribution is -2.54. The summed E-state index contributed by atoms with van der Waals surface area (Å²) in [5.74, 6) is -1.01. The molecule has 3 aliphatic rings. The van der Waals surface area contributed by atoms with E-state index in [1.807, 2.05) is 11.0 Å². The van der Waals surface area contributed by atoms with Crippen LogP contribution in [0.5, 0.6) is 11.5 Å². The molecular formula is C46H54ClFN8O11. The van der Waals surface area contributed by atoms with Gasteiger partial charge in [-0.25, -0.2) is 14.4 Å². The van der Waals surface area contributed by atoms with Crippen LogP contribution >= 0.6 is 11.6 Å². The predicted molar refractivity (Wildman–Crippen MR) is 243 cm³/mol. The van der Waals surface area contributed by atoms with E-state index in [2.05, 4.69) is 30.8 Å². The number of anilines is 3. The number of piperidine rings is 1.